The van der Waals surface area contributed by atoms with Gasteiger partial charge in [0.25, 0.3) is 5.69 Å². The van der Waals surface area contributed by atoms with Crippen LogP contribution in [0.2, 0.25) is 5.02 Å². The molecule has 2 atom stereocenters. The van der Waals surface area contributed by atoms with E-state index in [0.29, 0.717) is 5.92 Å². The van der Waals surface area contributed by atoms with Crippen LogP contribution in [0.5, 0.6) is 0 Å². The first-order valence-corrected chi connectivity index (χ1v) is 6.33. The summed E-state index contributed by atoms with van der Waals surface area (Å²) in [7, 11) is 0. The number of aryl methyl sites for hydroxylation is 1. The Morgan fingerprint density at radius 2 is 1.89 bits per heavy atom. The lowest BCUT2D eigenvalue weighted by Gasteiger charge is -2.26. The molecule has 1 rings (SSSR count). The van der Waals surface area contributed by atoms with Gasteiger partial charge in [-0.1, -0.05) is 25.4 Å². The summed E-state index contributed by atoms with van der Waals surface area (Å²) in [5.74, 6) is 0.490. The number of nitro benzene ring substituents is 1. The van der Waals surface area contributed by atoms with Crippen LogP contribution in [0, 0.1) is 23.0 Å². The second-order valence-corrected chi connectivity index (χ2v) is 5.45. The Bertz CT molecular complexity index is 451. The molecular formula is C13H19ClN2O2. The third kappa shape index (κ3) is 3.00. The van der Waals surface area contributed by atoms with Gasteiger partial charge in [0.15, 0.2) is 0 Å². The van der Waals surface area contributed by atoms with Gasteiger partial charge in [0, 0.05) is 18.0 Å². The first-order valence-electron chi connectivity index (χ1n) is 5.95. The first-order chi connectivity index (χ1) is 8.25. The van der Waals surface area contributed by atoms with E-state index < -0.39 is 4.92 Å². The van der Waals surface area contributed by atoms with Crippen molar-refractivity contribution in [3.63, 3.8) is 0 Å². The van der Waals surface area contributed by atoms with Gasteiger partial charge in [-0.05, 0) is 37.0 Å². The predicted molar refractivity (Wildman–Crippen MR) is 74.1 cm³/mol. The van der Waals surface area contributed by atoms with Crippen molar-refractivity contribution in [2.45, 2.75) is 39.7 Å². The van der Waals surface area contributed by atoms with E-state index in [1.807, 2.05) is 13.8 Å². The molecule has 0 aliphatic heterocycles. The van der Waals surface area contributed by atoms with E-state index in [-0.39, 0.29) is 22.7 Å². The van der Waals surface area contributed by atoms with E-state index in [2.05, 4.69) is 13.8 Å². The van der Waals surface area contributed by atoms with Gasteiger partial charge in [-0.2, -0.15) is 0 Å². The average molecular weight is 271 g/mol. The Balaban J connectivity index is 3.34. The van der Waals surface area contributed by atoms with Crippen LogP contribution < -0.4 is 5.73 Å². The Morgan fingerprint density at radius 1 is 1.33 bits per heavy atom. The van der Waals surface area contributed by atoms with Crippen molar-refractivity contribution in [1.82, 2.24) is 0 Å². The van der Waals surface area contributed by atoms with Gasteiger partial charge in [-0.15, -0.1) is 0 Å². The predicted octanol–water partition coefficient (Wildman–Crippen LogP) is 3.64. The quantitative estimate of drug-likeness (QED) is 0.671. The van der Waals surface area contributed by atoms with Crippen molar-refractivity contribution in [3.8, 4) is 0 Å². The average Bonchev–Trinajstić information content (AvgIpc) is 2.21. The van der Waals surface area contributed by atoms with Crippen LogP contribution >= 0.6 is 11.6 Å². The lowest BCUT2D eigenvalue weighted by Crippen LogP contribution is -2.29. The molecule has 0 aliphatic rings. The molecule has 0 amide bonds. The van der Waals surface area contributed by atoms with E-state index in [4.69, 9.17) is 17.3 Å². The van der Waals surface area contributed by atoms with Crippen molar-refractivity contribution in [1.29, 1.82) is 0 Å². The fourth-order valence-electron chi connectivity index (χ4n) is 2.43. The molecule has 5 heteroatoms. The minimum atomic E-state index is -0.463. The highest BCUT2D eigenvalue weighted by Gasteiger charge is 2.24. The highest BCUT2D eigenvalue weighted by molar-refractivity contribution is 6.32. The van der Waals surface area contributed by atoms with Gasteiger partial charge < -0.3 is 5.73 Å². The van der Waals surface area contributed by atoms with Gasteiger partial charge >= 0.3 is 0 Å². The smallest absolute Gasteiger partial charge is 0.288 e. The summed E-state index contributed by atoms with van der Waals surface area (Å²) in [6, 6.07) is 3.18. The van der Waals surface area contributed by atoms with Gasteiger partial charge in [0.05, 0.1) is 4.92 Å². The summed E-state index contributed by atoms with van der Waals surface area (Å²) in [4.78, 5) is 10.4. The summed E-state index contributed by atoms with van der Waals surface area (Å²) in [6.07, 6.45) is 0. The first kappa shape index (κ1) is 14.9. The van der Waals surface area contributed by atoms with Gasteiger partial charge in [-0.3, -0.25) is 10.1 Å². The van der Waals surface area contributed by atoms with E-state index in [1.54, 1.807) is 6.07 Å². The van der Waals surface area contributed by atoms with Gasteiger partial charge in [0.1, 0.15) is 5.02 Å². The van der Waals surface area contributed by atoms with Gasteiger partial charge in [0.2, 0.25) is 0 Å². The van der Waals surface area contributed by atoms with Gasteiger partial charge in [-0.25, -0.2) is 0 Å². The number of benzene rings is 1. The largest absolute Gasteiger partial charge is 0.327 e. The van der Waals surface area contributed by atoms with Crippen LogP contribution in [0.3, 0.4) is 0 Å². The molecule has 1 aromatic carbocycles. The Hall–Kier alpha value is -1.13. The standard InChI is InChI=1S/C13H19ClN2O2/c1-7(2)13(9(4)15)10-6-11(14)12(16(17)18)5-8(10)3/h5-7,9,13H,15H2,1-4H3. The molecule has 0 bridgehead atoms. The van der Waals surface area contributed by atoms with Crippen molar-refractivity contribution in [3.05, 3.63) is 38.4 Å². The van der Waals surface area contributed by atoms with E-state index in [1.165, 1.54) is 6.07 Å². The molecule has 0 spiro atoms. The number of nitrogens with two attached hydrogens (primary N) is 1. The Kier molecular flexibility index (Phi) is 4.71. The van der Waals surface area contributed by atoms with E-state index >= 15 is 0 Å². The number of hydrogen-bond acceptors (Lipinski definition) is 3. The monoisotopic (exact) mass is 270 g/mol. The van der Waals surface area contributed by atoms with Crippen molar-refractivity contribution in [2.24, 2.45) is 11.7 Å². The molecule has 0 saturated carbocycles. The fraction of sp³-hybridized carbons (Fsp3) is 0.538. The molecule has 0 aliphatic carbocycles. The van der Waals surface area contributed by atoms with Crippen LogP contribution in [0.25, 0.3) is 0 Å². The molecule has 4 nitrogen and oxygen atoms in total. The zero-order valence-electron chi connectivity index (χ0n) is 11.1. The maximum atomic E-state index is 10.8. The minimum Gasteiger partial charge on any atom is -0.327 e. The van der Waals surface area contributed by atoms with Crippen LogP contribution in [0.15, 0.2) is 12.1 Å². The van der Waals surface area contributed by atoms with Crippen molar-refractivity contribution in [2.75, 3.05) is 0 Å². The Morgan fingerprint density at radius 3 is 2.28 bits per heavy atom. The maximum absolute atomic E-state index is 10.8. The van der Waals surface area contributed by atoms with Crippen LogP contribution in [-0.2, 0) is 0 Å². The number of hydrogen-bond donors (Lipinski definition) is 1. The third-order valence-corrected chi connectivity index (χ3v) is 3.48. The lowest BCUT2D eigenvalue weighted by molar-refractivity contribution is -0.384. The second-order valence-electron chi connectivity index (χ2n) is 5.05. The summed E-state index contributed by atoms with van der Waals surface area (Å²) < 4.78 is 0. The fourth-order valence-corrected chi connectivity index (χ4v) is 2.67. The summed E-state index contributed by atoms with van der Waals surface area (Å²) in [5.41, 5.74) is 7.82. The normalized spacial score (nSPS) is 14.6. The zero-order chi connectivity index (χ0) is 14.0. The number of nitrogens with zero attached hydrogens (tertiary/aromatic N) is 1. The molecule has 0 fully saturated rings. The molecule has 0 heterocycles. The molecule has 0 saturated heterocycles. The van der Waals surface area contributed by atoms with E-state index in [0.717, 1.165) is 11.1 Å². The lowest BCUT2D eigenvalue weighted by atomic mass is 9.81. The molecule has 2 N–H and O–H groups in total. The highest BCUT2D eigenvalue weighted by atomic mass is 35.5. The molecule has 2 unspecified atom stereocenters. The summed E-state index contributed by atoms with van der Waals surface area (Å²) in [6.45, 7) is 7.97. The maximum Gasteiger partial charge on any atom is 0.288 e. The van der Waals surface area contributed by atoms with Crippen molar-refractivity contribution < 1.29 is 4.92 Å². The summed E-state index contributed by atoms with van der Waals surface area (Å²) in [5, 5.41) is 11.0. The topological polar surface area (TPSA) is 69.2 Å². The summed E-state index contributed by atoms with van der Waals surface area (Å²) >= 11 is 5.97. The third-order valence-electron chi connectivity index (χ3n) is 3.18. The Labute approximate surface area is 112 Å². The number of rotatable bonds is 4. The molecule has 100 valence electrons. The molecule has 0 aromatic heterocycles. The second kappa shape index (κ2) is 5.67. The molecule has 0 radical (unpaired) electrons. The minimum absolute atomic E-state index is 0.0266. The molecule has 18 heavy (non-hydrogen) atoms. The van der Waals surface area contributed by atoms with Crippen LogP contribution in [0.4, 0.5) is 5.69 Å². The number of halogens is 1. The van der Waals surface area contributed by atoms with E-state index in [9.17, 15) is 10.1 Å². The van der Waals surface area contributed by atoms with Crippen molar-refractivity contribution >= 4 is 17.3 Å². The number of nitro groups is 1. The SMILES string of the molecule is Cc1cc([N+](=O)[O-])c(Cl)cc1C(C(C)C)C(C)N. The van der Waals surface area contributed by atoms with Crippen LogP contribution in [-0.4, -0.2) is 11.0 Å². The highest BCUT2D eigenvalue weighted by Crippen LogP contribution is 2.35. The molecular weight excluding hydrogens is 252 g/mol. The zero-order valence-corrected chi connectivity index (χ0v) is 11.9. The van der Waals surface area contributed by atoms with Crippen LogP contribution in [0.1, 0.15) is 37.8 Å². The molecule has 1 aromatic rings.